The number of nitrogens with zero attached hydrogens (tertiary/aromatic N) is 2. The second-order valence-electron chi connectivity index (χ2n) is 7.24. The molecular formula is C22H28ClN3O2. The summed E-state index contributed by atoms with van der Waals surface area (Å²) in [6, 6.07) is 15.7. The average molecular weight is 402 g/mol. The van der Waals surface area contributed by atoms with Crippen LogP contribution in [0.5, 0.6) is 5.75 Å². The number of hydrogen-bond donors (Lipinski definition) is 1. The molecule has 1 amide bonds. The maximum absolute atomic E-state index is 12.5. The van der Waals surface area contributed by atoms with Crippen molar-refractivity contribution in [2.24, 2.45) is 0 Å². The summed E-state index contributed by atoms with van der Waals surface area (Å²) in [6.07, 6.45) is 0.361. The van der Waals surface area contributed by atoms with Gasteiger partial charge in [0.15, 0.2) is 0 Å². The van der Waals surface area contributed by atoms with Crippen LogP contribution in [0, 0.1) is 0 Å². The van der Waals surface area contributed by atoms with Crippen LogP contribution in [-0.4, -0.2) is 62.6 Å². The molecule has 1 heterocycles. The number of hydrogen-bond acceptors (Lipinski definition) is 4. The van der Waals surface area contributed by atoms with E-state index in [4.69, 9.17) is 16.3 Å². The van der Waals surface area contributed by atoms with Crippen LogP contribution in [0.1, 0.15) is 17.2 Å². The Hall–Kier alpha value is -2.08. The van der Waals surface area contributed by atoms with Gasteiger partial charge in [-0.3, -0.25) is 9.69 Å². The standard InChI is InChI=1S/C22H28ClN3O2/c1-25-11-13-26(14-12-25)21(18-5-7-19(23)8-6-18)16-24-22(27)15-17-3-9-20(28-2)10-4-17/h3-10,21H,11-16H2,1-2H3,(H,24,27)/t21-/m1/s1. The Morgan fingerprint density at radius 2 is 1.71 bits per heavy atom. The molecule has 5 nitrogen and oxygen atoms in total. The molecule has 3 rings (SSSR count). The summed E-state index contributed by atoms with van der Waals surface area (Å²) in [7, 11) is 3.78. The summed E-state index contributed by atoms with van der Waals surface area (Å²) in [5.74, 6) is 0.820. The lowest BCUT2D eigenvalue weighted by atomic mass is 10.0. The van der Waals surface area contributed by atoms with E-state index < -0.39 is 0 Å². The van der Waals surface area contributed by atoms with Crippen LogP contribution in [0.2, 0.25) is 5.02 Å². The number of carbonyl (C=O) groups is 1. The van der Waals surface area contributed by atoms with Crippen molar-refractivity contribution in [1.82, 2.24) is 15.1 Å². The van der Waals surface area contributed by atoms with Gasteiger partial charge in [-0.15, -0.1) is 0 Å². The zero-order valence-electron chi connectivity index (χ0n) is 16.5. The molecule has 1 fully saturated rings. The Labute approximate surface area is 172 Å². The minimum absolute atomic E-state index is 0.0262. The van der Waals surface area contributed by atoms with Crippen molar-refractivity contribution in [1.29, 1.82) is 0 Å². The average Bonchev–Trinajstić information content (AvgIpc) is 2.71. The number of piperazine rings is 1. The van der Waals surface area contributed by atoms with Gasteiger partial charge in [0.2, 0.25) is 5.91 Å². The van der Waals surface area contributed by atoms with E-state index in [1.807, 2.05) is 36.4 Å². The van der Waals surface area contributed by atoms with Crippen molar-refractivity contribution in [3.8, 4) is 5.75 Å². The van der Waals surface area contributed by atoms with E-state index >= 15 is 0 Å². The van der Waals surface area contributed by atoms with Crippen LogP contribution in [-0.2, 0) is 11.2 Å². The number of nitrogens with one attached hydrogen (secondary N) is 1. The van der Waals surface area contributed by atoms with Crippen molar-refractivity contribution in [2.45, 2.75) is 12.5 Å². The summed E-state index contributed by atoms with van der Waals surface area (Å²) in [4.78, 5) is 17.3. The molecule has 0 saturated carbocycles. The van der Waals surface area contributed by atoms with E-state index in [9.17, 15) is 4.79 Å². The molecule has 1 aliphatic rings. The number of methoxy groups -OCH3 is 1. The number of halogens is 1. The van der Waals surface area contributed by atoms with E-state index in [2.05, 4.69) is 34.3 Å². The Morgan fingerprint density at radius 3 is 2.32 bits per heavy atom. The first-order valence-electron chi connectivity index (χ1n) is 9.63. The van der Waals surface area contributed by atoms with Crippen LogP contribution < -0.4 is 10.1 Å². The predicted octanol–water partition coefficient (Wildman–Crippen LogP) is 3.00. The highest BCUT2D eigenvalue weighted by atomic mass is 35.5. The van der Waals surface area contributed by atoms with E-state index in [0.717, 1.165) is 42.5 Å². The number of benzene rings is 2. The zero-order chi connectivity index (χ0) is 19.9. The molecule has 2 aromatic rings. The minimum Gasteiger partial charge on any atom is -0.497 e. The van der Waals surface area contributed by atoms with Crippen molar-refractivity contribution in [3.05, 3.63) is 64.7 Å². The highest BCUT2D eigenvalue weighted by Crippen LogP contribution is 2.23. The fraction of sp³-hybridized carbons (Fsp3) is 0.409. The monoisotopic (exact) mass is 401 g/mol. The third-order valence-corrected chi connectivity index (χ3v) is 5.50. The molecule has 0 aromatic heterocycles. The molecule has 1 aliphatic heterocycles. The van der Waals surface area contributed by atoms with Gasteiger partial charge in [0.05, 0.1) is 19.6 Å². The SMILES string of the molecule is COc1ccc(CC(=O)NC[C@H](c2ccc(Cl)cc2)N2CCN(C)CC2)cc1. The highest BCUT2D eigenvalue weighted by molar-refractivity contribution is 6.30. The molecule has 28 heavy (non-hydrogen) atoms. The van der Waals surface area contributed by atoms with Crippen molar-refractivity contribution >= 4 is 17.5 Å². The topological polar surface area (TPSA) is 44.8 Å². The van der Waals surface area contributed by atoms with Crippen LogP contribution in [0.15, 0.2) is 48.5 Å². The van der Waals surface area contributed by atoms with E-state index in [1.165, 1.54) is 5.56 Å². The summed E-state index contributed by atoms with van der Waals surface area (Å²) in [5.41, 5.74) is 2.15. The lowest BCUT2D eigenvalue weighted by molar-refractivity contribution is -0.120. The Kier molecular flexibility index (Phi) is 7.31. The zero-order valence-corrected chi connectivity index (χ0v) is 17.3. The third-order valence-electron chi connectivity index (χ3n) is 5.25. The molecular weight excluding hydrogens is 374 g/mol. The molecule has 0 bridgehead atoms. The van der Waals surface area contributed by atoms with E-state index in [0.29, 0.717) is 13.0 Å². The lowest BCUT2D eigenvalue weighted by Crippen LogP contribution is -2.48. The second-order valence-corrected chi connectivity index (χ2v) is 7.67. The van der Waals surface area contributed by atoms with Crippen LogP contribution >= 0.6 is 11.6 Å². The lowest BCUT2D eigenvalue weighted by Gasteiger charge is -2.38. The van der Waals surface area contributed by atoms with Gasteiger partial charge in [-0.1, -0.05) is 35.9 Å². The van der Waals surface area contributed by atoms with Crippen molar-refractivity contribution in [2.75, 3.05) is 46.9 Å². The van der Waals surface area contributed by atoms with Gasteiger partial charge in [-0.2, -0.15) is 0 Å². The predicted molar refractivity (Wildman–Crippen MR) is 113 cm³/mol. The Bertz CT molecular complexity index is 756. The van der Waals surface area contributed by atoms with Crippen LogP contribution in [0.4, 0.5) is 0 Å². The first-order chi connectivity index (χ1) is 13.5. The normalized spacial score (nSPS) is 16.5. The quantitative estimate of drug-likeness (QED) is 0.774. The first-order valence-corrected chi connectivity index (χ1v) is 10.0. The number of amides is 1. The van der Waals surface area contributed by atoms with Gasteiger partial charge in [0.25, 0.3) is 0 Å². The van der Waals surface area contributed by atoms with Gasteiger partial charge >= 0.3 is 0 Å². The summed E-state index contributed by atoms with van der Waals surface area (Å²) >= 11 is 6.06. The van der Waals surface area contributed by atoms with Gasteiger partial charge < -0.3 is 15.0 Å². The molecule has 1 atom stereocenters. The van der Waals surface area contributed by atoms with E-state index in [1.54, 1.807) is 7.11 Å². The number of carbonyl (C=O) groups excluding carboxylic acids is 1. The van der Waals surface area contributed by atoms with Crippen LogP contribution in [0.25, 0.3) is 0 Å². The molecule has 6 heteroatoms. The molecule has 0 spiro atoms. The fourth-order valence-electron chi connectivity index (χ4n) is 3.48. The van der Waals surface area contributed by atoms with Crippen molar-refractivity contribution < 1.29 is 9.53 Å². The van der Waals surface area contributed by atoms with Gasteiger partial charge in [-0.05, 0) is 42.4 Å². The number of likely N-dealkylation sites (N-methyl/N-ethyl adjacent to an activating group) is 1. The second kappa shape index (κ2) is 9.92. The minimum atomic E-state index is 0.0262. The highest BCUT2D eigenvalue weighted by Gasteiger charge is 2.24. The molecule has 0 unspecified atom stereocenters. The van der Waals surface area contributed by atoms with Gasteiger partial charge in [-0.25, -0.2) is 0 Å². The Morgan fingerprint density at radius 1 is 1.07 bits per heavy atom. The van der Waals surface area contributed by atoms with E-state index in [-0.39, 0.29) is 11.9 Å². The number of rotatable bonds is 7. The van der Waals surface area contributed by atoms with Gasteiger partial charge in [0, 0.05) is 37.7 Å². The Balaban J connectivity index is 1.63. The largest absolute Gasteiger partial charge is 0.497 e. The van der Waals surface area contributed by atoms with Crippen molar-refractivity contribution in [3.63, 3.8) is 0 Å². The third kappa shape index (κ3) is 5.71. The maximum atomic E-state index is 12.5. The van der Waals surface area contributed by atoms with Crippen LogP contribution in [0.3, 0.4) is 0 Å². The maximum Gasteiger partial charge on any atom is 0.224 e. The molecule has 0 aliphatic carbocycles. The number of ether oxygens (including phenoxy) is 1. The molecule has 0 radical (unpaired) electrons. The first kappa shape index (κ1) is 20.6. The summed E-state index contributed by atoms with van der Waals surface area (Å²) in [5, 5.41) is 3.85. The molecule has 1 saturated heterocycles. The summed E-state index contributed by atoms with van der Waals surface area (Å²) in [6.45, 7) is 4.62. The summed E-state index contributed by atoms with van der Waals surface area (Å²) < 4.78 is 5.17. The fourth-order valence-corrected chi connectivity index (χ4v) is 3.60. The molecule has 150 valence electrons. The smallest absolute Gasteiger partial charge is 0.224 e. The van der Waals surface area contributed by atoms with Gasteiger partial charge in [0.1, 0.15) is 5.75 Å². The molecule has 1 N–H and O–H groups in total. The molecule has 2 aromatic carbocycles.